The molecule has 2 rings (SSSR count). The third-order valence-electron chi connectivity index (χ3n) is 3.61. The molecule has 1 aromatic rings. The molecule has 88 valence electrons. The van der Waals surface area contributed by atoms with Crippen LogP contribution < -0.4 is 5.32 Å². The number of rotatable bonds is 5. The maximum atomic E-state index is 3.69. The molecule has 0 saturated heterocycles. The van der Waals surface area contributed by atoms with E-state index in [0.717, 1.165) is 6.04 Å². The molecule has 0 aromatic heterocycles. The third kappa shape index (κ3) is 3.34. The predicted octanol–water partition coefficient (Wildman–Crippen LogP) is 3.31. The van der Waals surface area contributed by atoms with E-state index in [0.29, 0.717) is 12.0 Å². The molecule has 0 heterocycles. The van der Waals surface area contributed by atoms with Gasteiger partial charge in [0.05, 0.1) is 0 Å². The van der Waals surface area contributed by atoms with Gasteiger partial charge in [0.1, 0.15) is 0 Å². The highest BCUT2D eigenvalue weighted by Crippen LogP contribution is 2.22. The maximum absolute atomic E-state index is 3.69. The van der Waals surface area contributed by atoms with E-state index in [4.69, 9.17) is 0 Å². The number of hydrogen-bond donors (Lipinski definition) is 1. The van der Waals surface area contributed by atoms with Crippen molar-refractivity contribution in [3.63, 3.8) is 0 Å². The Bertz CT molecular complexity index is 324. The largest absolute Gasteiger partial charge is 0.311 e. The summed E-state index contributed by atoms with van der Waals surface area (Å²) in [6.07, 6.45) is 3.93. The second-order valence-electron chi connectivity index (χ2n) is 5.40. The molecule has 0 bridgehead atoms. The van der Waals surface area contributed by atoms with Crippen LogP contribution in [-0.2, 0) is 6.42 Å². The van der Waals surface area contributed by atoms with Crippen LogP contribution in [0, 0.1) is 12.8 Å². The summed E-state index contributed by atoms with van der Waals surface area (Å²) >= 11 is 0. The van der Waals surface area contributed by atoms with Gasteiger partial charge in [-0.15, -0.1) is 0 Å². The molecule has 1 heteroatoms. The lowest BCUT2D eigenvalue weighted by Crippen LogP contribution is -2.34. The standard InChI is InChI=1S/C15H23N/c1-11-4-6-14(7-5-11)10-12(2)13(3)16-15-8-9-15/h4-7,12-13,15-16H,8-10H2,1-3H3. The van der Waals surface area contributed by atoms with Crippen LogP contribution >= 0.6 is 0 Å². The quantitative estimate of drug-likeness (QED) is 0.798. The van der Waals surface area contributed by atoms with Gasteiger partial charge >= 0.3 is 0 Å². The highest BCUT2D eigenvalue weighted by Gasteiger charge is 2.24. The fraction of sp³-hybridized carbons (Fsp3) is 0.600. The molecule has 16 heavy (non-hydrogen) atoms. The Labute approximate surface area is 99.3 Å². The Hall–Kier alpha value is -0.820. The molecule has 2 atom stereocenters. The minimum atomic E-state index is 0.633. The monoisotopic (exact) mass is 217 g/mol. The van der Waals surface area contributed by atoms with E-state index in [9.17, 15) is 0 Å². The molecule has 0 amide bonds. The molecule has 1 saturated carbocycles. The molecule has 0 spiro atoms. The normalized spacial score (nSPS) is 19.4. The molecular formula is C15H23N. The summed E-state index contributed by atoms with van der Waals surface area (Å²) in [6.45, 7) is 6.81. The zero-order valence-electron chi connectivity index (χ0n) is 10.7. The number of hydrogen-bond acceptors (Lipinski definition) is 1. The first-order valence-electron chi connectivity index (χ1n) is 6.47. The Morgan fingerprint density at radius 2 is 1.81 bits per heavy atom. The average molecular weight is 217 g/mol. The zero-order valence-corrected chi connectivity index (χ0v) is 10.7. The Morgan fingerprint density at radius 3 is 2.38 bits per heavy atom. The van der Waals surface area contributed by atoms with Gasteiger partial charge in [0.25, 0.3) is 0 Å². The molecule has 1 aliphatic rings. The smallest absolute Gasteiger partial charge is 0.00708 e. The van der Waals surface area contributed by atoms with Crippen LogP contribution in [0.3, 0.4) is 0 Å². The SMILES string of the molecule is Cc1ccc(CC(C)C(C)NC2CC2)cc1. The van der Waals surface area contributed by atoms with E-state index in [1.54, 1.807) is 0 Å². The summed E-state index contributed by atoms with van der Waals surface area (Å²) < 4.78 is 0. The van der Waals surface area contributed by atoms with E-state index >= 15 is 0 Å². The molecule has 1 fully saturated rings. The van der Waals surface area contributed by atoms with E-state index in [1.807, 2.05) is 0 Å². The van der Waals surface area contributed by atoms with Gasteiger partial charge in [-0.2, -0.15) is 0 Å². The molecular weight excluding hydrogens is 194 g/mol. The van der Waals surface area contributed by atoms with Crippen LogP contribution in [-0.4, -0.2) is 12.1 Å². The second-order valence-corrected chi connectivity index (χ2v) is 5.40. The van der Waals surface area contributed by atoms with Gasteiger partial charge < -0.3 is 5.32 Å². The predicted molar refractivity (Wildman–Crippen MR) is 69.7 cm³/mol. The molecule has 1 aliphatic carbocycles. The van der Waals surface area contributed by atoms with E-state index in [1.165, 1.54) is 30.4 Å². The van der Waals surface area contributed by atoms with Crippen LogP contribution in [0.25, 0.3) is 0 Å². The van der Waals surface area contributed by atoms with Crippen molar-refractivity contribution in [2.24, 2.45) is 5.92 Å². The van der Waals surface area contributed by atoms with Crippen LogP contribution in [0.2, 0.25) is 0 Å². The van der Waals surface area contributed by atoms with Gasteiger partial charge in [-0.05, 0) is 44.6 Å². The molecule has 0 radical (unpaired) electrons. The number of benzene rings is 1. The molecule has 0 aliphatic heterocycles. The Kier molecular flexibility index (Phi) is 3.65. The highest BCUT2D eigenvalue weighted by atomic mass is 15.0. The first-order chi connectivity index (χ1) is 7.65. The lowest BCUT2D eigenvalue weighted by Gasteiger charge is -2.21. The Morgan fingerprint density at radius 1 is 1.19 bits per heavy atom. The van der Waals surface area contributed by atoms with Gasteiger partial charge in [-0.25, -0.2) is 0 Å². The van der Waals surface area contributed by atoms with E-state index in [2.05, 4.69) is 50.4 Å². The van der Waals surface area contributed by atoms with Crippen molar-refractivity contribution in [3.8, 4) is 0 Å². The molecule has 1 N–H and O–H groups in total. The van der Waals surface area contributed by atoms with Crippen LogP contribution in [0.15, 0.2) is 24.3 Å². The molecule has 1 aromatic carbocycles. The topological polar surface area (TPSA) is 12.0 Å². The summed E-state index contributed by atoms with van der Waals surface area (Å²) in [5.74, 6) is 0.711. The van der Waals surface area contributed by atoms with Crippen molar-refractivity contribution in [1.82, 2.24) is 5.32 Å². The average Bonchev–Trinajstić information content (AvgIpc) is 3.05. The minimum Gasteiger partial charge on any atom is -0.311 e. The first-order valence-corrected chi connectivity index (χ1v) is 6.47. The molecule has 2 unspecified atom stereocenters. The fourth-order valence-electron chi connectivity index (χ4n) is 2.06. The summed E-state index contributed by atoms with van der Waals surface area (Å²) in [5.41, 5.74) is 2.81. The third-order valence-corrected chi connectivity index (χ3v) is 3.61. The van der Waals surface area contributed by atoms with Crippen molar-refractivity contribution in [2.75, 3.05) is 0 Å². The summed E-state index contributed by atoms with van der Waals surface area (Å²) in [4.78, 5) is 0. The van der Waals surface area contributed by atoms with Crippen molar-refractivity contribution in [1.29, 1.82) is 0 Å². The van der Waals surface area contributed by atoms with Gasteiger partial charge in [-0.1, -0.05) is 36.8 Å². The Balaban J connectivity index is 1.85. The lowest BCUT2D eigenvalue weighted by atomic mass is 9.94. The van der Waals surface area contributed by atoms with Gasteiger partial charge in [0.15, 0.2) is 0 Å². The zero-order chi connectivity index (χ0) is 11.5. The number of aryl methyl sites for hydroxylation is 1. The highest BCUT2D eigenvalue weighted by molar-refractivity contribution is 5.21. The van der Waals surface area contributed by atoms with Gasteiger partial charge in [0.2, 0.25) is 0 Å². The fourth-order valence-corrected chi connectivity index (χ4v) is 2.06. The number of nitrogens with one attached hydrogen (secondary N) is 1. The van der Waals surface area contributed by atoms with Crippen LogP contribution in [0.1, 0.15) is 37.8 Å². The van der Waals surface area contributed by atoms with Gasteiger partial charge in [0, 0.05) is 12.1 Å². The summed E-state index contributed by atoms with van der Waals surface area (Å²) in [5, 5.41) is 3.69. The maximum Gasteiger partial charge on any atom is 0.00708 e. The lowest BCUT2D eigenvalue weighted by molar-refractivity contribution is 0.396. The van der Waals surface area contributed by atoms with E-state index in [-0.39, 0.29) is 0 Å². The van der Waals surface area contributed by atoms with Crippen molar-refractivity contribution < 1.29 is 0 Å². The van der Waals surface area contributed by atoms with E-state index < -0.39 is 0 Å². The van der Waals surface area contributed by atoms with Crippen LogP contribution in [0.4, 0.5) is 0 Å². The van der Waals surface area contributed by atoms with Gasteiger partial charge in [-0.3, -0.25) is 0 Å². The minimum absolute atomic E-state index is 0.633. The molecule has 1 nitrogen and oxygen atoms in total. The summed E-state index contributed by atoms with van der Waals surface area (Å²) in [6, 6.07) is 10.4. The van der Waals surface area contributed by atoms with Crippen LogP contribution in [0.5, 0.6) is 0 Å². The summed E-state index contributed by atoms with van der Waals surface area (Å²) in [7, 11) is 0. The second kappa shape index (κ2) is 5.01. The first kappa shape index (κ1) is 11.7. The van der Waals surface area contributed by atoms with Crippen molar-refractivity contribution in [2.45, 2.75) is 52.1 Å². The van der Waals surface area contributed by atoms with Crippen molar-refractivity contribution >= 4 is 0 Å². The van der Waals surface area contributed by atoms with Crippen molar-refractivity contribution in [3.05, 3.63) is 35.4 Å².